The Morgan fingerprint density at radius 3 is 1.73 bits per heavy atom. The quantitative estimate of drug-likeness (QED) is 0.290. The maximum atomic E-state index is 5.87. The molecule has 0 atom stereocenters. The molecule has 0 aliphatic carbocycles. The minimum atomic E-state index is 0.812. The fraction of sp³-hybridized carbons (Fsp3) is 0.440. The second-order valence-corrected chi connectivity index (χ2v) is 6.92. The summed E-state index contributed by atoms with van der Waals surface area (Å²) in [5.41, 5.74) is 3.27. The van der Waals surface area contributed by atoms with Crippen molar-refractivity contribution in [3.8, 4) is 29.2 Å². The van der Waals surface area contributed by atoms with Gasteiger partial charge in [-0.05, 0) is 41.8 Å². The summed E-state index contributed by atoms with van der Waals surface area (Å²) < 4.78 is 5.87. The summed E-state index contributed by atoms with van der Waals surface area (Å²) in [7, 11) is 0. The predicted molar refractivity (Wildman–Crippen MR) is 113 cm³/mol. The third-order valence-corrected chi connectivity index (χ3v) is 4.76. The van der Waals surface area contributed by atoms with Crippen LogP contribution in [0.5, 0.6) is 5.75 Å². The first kappa shape index (κ1) is 20.1. The van der Waals surface area contributed by atoms with Crippen molar-refractivity contribution in [2.45, 2.75) is 64.7 Å². The minimum Gasteiger partial charge on any atom is -0.494 e. The van der Waals surface area contributed by atoms with Crippen LogP contribution in [0.15, 0.2) is 48.5 Å². The van der Waals surface area contributed by atoms with Crippen molar-refractivity contribution in [3.63, 3.8) is 0 Å². The van der Waals surface area contributed by atoms with E-state index in [1.165, 1.54) is 62.5 Å². The molecule has 1 nitrogen and oxygen atoms in total. The molecule has 2 rings (SSSR count). The summed E-state index contributed by atoms with van der Waals surface area (Å²) >= 11 is 0. The van der Waals surface area contributed by atoms with E-state index in [4.69, 9.17) is 11.2 Å². The van der Waals surface area contributed by atoms with E-state index >= 15 is 0 Å². The van der Waals surface area contributed by atoms with Crippen LogP contribution in [-0.2, 0) is 0 Å². The van der Waals surface area contributed by atoms with Gasteiger partial charge in [-0.15, -0.1) is 6.42 Å². The lowest BCUT2D eigenvalue weighted by molar-refractivity contribution is 0.304. The van der Waals surface area contributed by atoms with Crippen molar-refractivity contribution in [2.24, 2.45) is 0 Å². The summed E-state index contributed by atoms with van der Waals surface area (Å²) in [6, 6.07) is 16.4. The highest BCUT2D eigenvalue weighted by Gasteiger charge is 1.99. The predicted octanol–water partition coefficient (Wildman–Crippen LogP) is 7.24. The monoisotopic (exact) mass is 348 g/mol. The van der Waals surface area contributed by atoms with E-state index in [-0.39, 0.29) is 0 Å². The number of unbranched alkanes of at least 4 members (excludes halogenated alkanes) is 8. The number of hydrogen-bond acceptors (Lipinski definition) is 1. The van der Waals surface area contributed by atoms with E-state index in [9.17, 15) is 0 Å². The molecule has 1 heteroatoms. The van der Waals surface area contributed by atoms with Crippen molar-refractivity contribution in [2.75, 3.05) is 6.61 Å². The number of ether oxygens (including phenoxy) is 1. The number of rotatable bonds is 12. The lowest BCUT2D eigenvalue weighted by atomic mass is 10.0. The van der Waals surface area contributed by atoms with Crippen LogP contribution in [-0.4, -0.2) is 6.61 Å². The highest BCUT2D eigenvalue weighted by Crippen LogP contribution is 2.23. The molecule has 0 saturated carbocycles. The van der Waals surface area contributed by atoms with Crippen LogP contribution in [0.1, 0.15) is 70.3 Å². The van der Waals surface area contributed by atoms with Crippen LogP contribution >= 0.6 is 0 Å². The summed E-state index contributed by atoms with van der Waals surface area (Å²) in [6.45, 7) is 3.08. The molecule has 0 bridgehead atoms. The molecule has 0 heterocycles. The van der Waals surface area contributed by atoms with E-state index in [1.54, 1.807) is 0 Å². The molecule has 2 aromatic carbocycles. The van der Waals surface area contributed by atoms with Crippen LogP contribution in [0.25, 0.3) is 11.1 Å². The zero-order valence-corrected chi connectivity index (χ0v) is 16.2. The number of benzene rings is 2. The molecule has 0 aromatic heterocycles. The normalized spacial score (nSPS) is 10.5. The Morgan fingerprint density at radius 1 is 0.692 bits per heavy atom. The van der Waals surface area contributed by atoms with Gasteiger partial charge in [0.05, 0.1) is 6.61 Å². The first-order chi connectivity index (χ1) is 12.8. The van der Waals surface area contributed by atoms with Crippen molar-refractivity contribution in [1.29, 1.82) is 0 Å². The van der Waals surface area contributed by atoms with Crippen molar-refractivity contribution in [3.05, 3.63) is 54.1 Å². The van der Waals surface area contributed by atoms with E-state index in [0.717, 1.165) is 24.3 Å². The van der Waals surface area contributed by atoms with Crippen molar-refractivity contribution >= 4 is 0 Å². The van der Waals surface area contributed by atoms with E-state index < -0.39 is 0 Å². The van der Waals surface area contributed by atoms with E-state index in [2.05, 4.69) is 49.2 Å². The van der Waals surface area contributed by atoms with Gasteiger partial charge in [0.2, 0.25) is 0 Å². The van der Waals surface area contributed by atoms with Crippen LogP contribution in [0, 0.1) is 12.3 Å². The molecular formula is C25H32O. The molecule has 0 fully saturated rings. The molecule has 138 valence electrons. The maximum absolute atomic E-state index is 5.87. The van der Waals surface area contributed by atoms with Gasteiger partial charge in [-0.1, -0.05) is 88.5 Å². The Bertz CT molecular complexity index is 646. The Kier molecular flexibility index (Phi) is 9.44. The van der Waals surface area contributed by atoms with Crippen LogP contribution in [0.4, 0.5) is 0 Å². The molecule has 26 heavy (non-hydrogen) atoms. The molecule has 0 aliphatic rings. The van der Waals surface area contributed by atoms with E-state index in [1.807, 2.05) is 12.1 Å². The number of terminal acetylenes is 1. The molecule has 0 amide bonds. The SMILES string of the molecule is C#Cc1ccc(-c2ccc(OCCCCCCCCCCC)cc2)cc1. The highest BCUT2D eigenvalue weighted by molar-refractivity contribution is 5.65. The molecule has 0 spiro atoms. The third-order valence-electron chi connectivity index (χ3n) is 4.76. The van der Waals surface area contributed by atoms with Crippen LogP contribution < -0.4 is 4.74 Å². The molecule has 0 saturated heterocycles. The van der Waals surface area contributed by atoms with Gasteiger partial charge in [-0.25, -0.2) is 0 Å². The number of hydrogen-bond donors (Lipinski definition) is 0. The van der Waals surface area contributed by atoms with Crippen LogP contribution in [0.2, 0.25) is 0 Å². The Labute approximate surface area is 159 Å². The molecule has 0 aliphatic heterocycles. The summed E-state index contributed by atoms with van der Waals surface area (Å²) in [5.74, 6) is 3.60. The average Bonchev–Trinajstić information content (AvgIpc) is 2.70. The van der Waals surface area contributed by atoms with Crippen molar-refractivity contribution < 1.29 is 4.74 Å². The Morgan fingerprint density at radius 2 is 1.19 bits per heavy atom. The fourth-order valence-corrected chi connectivity index (χ4v) is 3.11. The smallest absolute Gasteiger partial charge is 0.119 e. The average molecular weight is 349 g/mol. The van der Waals surface area contributed by atoms with Crippen LogP contribution in [0.3, 0.4) is 0 Å². The molecule has 2 aromatic rings. The molecular weight excluding hydrogens is 316 g/mol. The minimum absolute atomic E-state index is 0.812. The summed E-state index contributed by atoms with van der Waals surface area (Å²) in [6.07, 6.45) is 17.4. The molecule has 0 N–H and O–H groups in total. The lowest BCUT2D eigenvalue weighted by Crippen LogP contribution is -1.97. The molecule has 0 radical (unpaired) electrons. The second-order valence-electron chi connectivity index (χ2n) is 6.92. The largest absolute Gasteiger partial charge is 0.494 e. The van der Waals surface area contributed by atoms with Gasteiger partial charge < -0.3 is 4.74 Å². The molecule has 0 unspecified atom stereocenters. The van der Waals surface area contributed by atoms with Gasteiger partial charge in [0.1, 0.15) is 5.75 Å². The highest BCUT2D eigenvalue weighted by atomic mass is 16.5. The maximum Gasteiger partial charge on any atom is 0.119 e. The first-order valence-electron chi connectivity index (χ1n) is 10.1. The zero-order chi connectivity index (χ0) is 18.5. The summed E-state index contributed by atoms with van der Waals surface area (Å²) in [4.78, 5) is 0. The topological polar surface area (TPSA) is 9.23 Å². The first-order valence-corrected chi connectivity index (χ1v) is 10.1. The Balaban J connectivity index is 1.61. The van der Waals surface area contributed by atoms with Gasteiger partial charge in [-0.3, -0.25) is 0 Å². The van der Waals surface area contributed by atoms with Gasteiger partial charge in [0.15, 0.2) is 0 Å². The Hall–Kier alpha value is -2.20. The standard InChI is InChI=1S/C25H32O/c1-3-5-6-7-8-9-10-11-12-21-26-25-19-17-24(18-20-25)23-15-13-22(4-2)14-16-23/h2,13-20H,3,5-12,21H2,1H3. The van der Waals surface area contributed by atoms with Gasteiger partial charge >= 0.3 is 0 Å². The van der Waals surface area contributed by atoms with Gasteiger partial charge in [-0.2, -0.15) is 0 Å². The lowest BCUT2D eigenvalue weighted by Gasteiger charge is -2.08. The van der Waals surface area contributed by atoms with Gasteiger partial charge in [0.25, 0.3) is 0 Å². The second kappa shape index (κ2) is 12.2. The van der Waals surface area contributed by atoms with Crippen molar-refractivity contribution in [1.82, 2.24) is 0 Å². The third kappa shape index (κ3) is 7.36. The van der Waals surface area contributed by atoms with E-state index in [0.29, 0.717) is 0 Å². The summed E-state index contributed by atoms with van der Waals surface area (Å²) in [5, 5.41) is 0. The fourth-order valence-electron chi connectivity index (χ4n) is 3.11. The zero-order valence-electron chi connectivity index (χ0n) is 16.2. The van der Waals surface area contributed by atoms with Gasteiger partial charge in [0, 0.05) is 5.56 Å².